The zero-order chi connectivity index (χ0) is 9.05. The second-order valence-electron chi connectivity index (χ2n) is 5.67. The van der Waals surface area contributed by atoms with Crippen LogP contribution in [0.3, 0.4) is 0 Å². The average Bonchev–Trinajstić information content (AvgIpc) is 2.76. The van der Waals surface area contributed by atoms with Gasteiger partial charge in [0.1, 0.15) is 0 Å². The summed E-state index contributed by atoms with van der Waals surface area (Å²) in [6.07, 6.45) is 8.91. The van der Waals surface area contributed by atoms with Crippen molar-refractivity contribution in [3.63, 3.8) is 0 Å². The summed E-state index contributed by atoms with van der Waals surface area (Å²) < 4.78 is 0. The van der Waals surface area contributed by atoms with E-state index >= 15 is 0 Å². The molecule has 3 rings (SSSR count). The Morgan fingerprint density at radius 3 is 2.85 bits per heavy atom. The maximum Gasteiger partial charge on any atom is 0.00724 e. The van der Waals surface area contributed by atoms with Crippen LogP contribution in [-0.4, -0.2) is 6.04 Å². The lowest BCUT2D eigenvalue weighted by atomic mass is 9.64. The third kappa shape index (κ3) is 0.823. The zero-order valence-electron chi connectivity index (χ0n) is 8.63. The smallest absolute Gasteiger partial charge is 0.00724 e. The van der Waals surface area contributed by atoms with Crippen LogP contribution in [0.5, 0.6) is 0 Å². The van der Waals surface area contributed by atoms with E-state index in [1.165, 1.54) is 38.5 Å². The molecule has 0 amide bonds. The summed E-state index contributed by atoms with van der Waals surface area (Å²) in [6, 6.07) is 0.454. The maximum absolute atomic E-state index is 6.26. The fourth-order valence-electron chi connectivity index (χ4n) is 5.07. The first kappa shape index (κ1) is 8.28. The normalized spacial score (nSPS) is 55.4. The van der Waals surface area contributed by atoms with E-state index in [9.17, 15) is 0 Å². The summed E-state index contributed by atoms with van der Waals surface area (Å²) in [5, 5.41) is 0. The molecule has 13 heavy (non-hydrogen) atoms. The lowest BCUT2D eigenvalue weighted by Crippen LogP contribution is -2.46. The molecule has 0 aliphatic heterocycles. The van der Waals surface area contributed by atoms with Crippen molar-refractivity contribution >= 4 is 0 Å². The van der Waals surface area contributed by atoms with Crippen LogP contribution in [0.2, 0.25) is 0 Å². The van der Waals surface area contributed by atoms with Crippen molar-refractivity contribution in [2.45, 2.75) is 51.5 Å². The van der Waals surface area contributed by atoms with Crippen molar-refractivity contribution in [1.29, 1.82) is 0 Å². The van der Waals surface area contributed by atoms with Gasteiger partial charge >= 0.3 is 0 Å². The van der Waals surface area contributed by atoms with E-state index in [2.05, 4.69) is 6.92 Å². The van der Waals surface area contributed by atoms with E-state index in [0.717, 1.165) is 17.8 Å². The molecule has 3 aliphatic rings. The Balaban J connectivity index is 1.99. The maximum atomic E-state index is 6.26. The zero-order valence-corrected chi connectivity index (χ0v) is 8.63. The van der Waals surface area contributed by atoms with Crippen LogP contribution in [0.1, 0.15) is 45.4 Å². The van der Waals surface area contributed by atoms with Gasteiger partial charge in [-0.3, -0.25) is 0 Å². The van der Waals surface area contributed by atoms with Gasteiger partial charge in [0, 0.05) is 6.04 Å². The van der Waals surface area contributed by atoms with Crippen molar-refractivity contribution in [2.24, 2.45) is 28.9 Å². The van der Waals surface area contributed by atoms with Crippen LogP contribution in [0.25, 0.3) is 0 Å². The minimum Gasteiger partial charge on any atom is -0.327 e. The molecule has 1 nitrogen and oxygen atoms in total. The molecule has 2 bridgehead atoms. The van der Waals surface area contributed by atoms with Crippen molar-refractivity contribution in [1.82, 2.24) is 0 Å². The predicted octanol–water partition coefficient (Wildman–Crippen LogP) is 2.55. The summed E-state index contributed by atoms with van der Waals surface area (Å²) in [5.41, 5.74) is 6.86. The first-order valence-corrected chi connectivity index (χ1v) is 6.00. The number of hydrogen-bond acceptors (Lipinski definition) is 1. The molecule has 0 aromatic rings. The molecule has 0 aromatic heterocycles. The highest BCUT2D eigenvalue weighted by Crippen LogP contribution is 2.67. The lowest BCUT2D eigenvalue weighted by molar-refractivity contribution is 0.0839. The van der Waals surface area contributed by atoms with Gasteiger partial charge in [0.05, 0.1) is 0 Å². The second-order valence-corrected chi connectivity index (χ2v) is 5.67. The van der Waals surface area contributed by atoms with Crippen LogP contribution in [-0.2, 0) is 0 Å². The van der Waals surface area contributed by atoms with E-state index in [1.807, 2.05) is 0 Å². The lowest BCUT2D eigenvalue weighted by Gasteiger charge is -2.43. The van der Waals surface area contributed by atoms with Crippen LogP contribution in [0.4, 0.5) is 0 Å². The first-order chi connectivity index (χ1) is 6.25. The van der Waals surface area contributed by atoms with E-state index < -0.39 is 0 Å². The van der Waals surface area contributed by atoms with Gasteiger partial charge in [-0.1, -0.05) is 6.42 Å². The minimum atomic E-state index is 0.454. The van der Waals surface area contributed by atoms with Crippen LogP contribution < -0.4 is 5.73 Å². The molecule has 0 spiro atoms. The highest BCUT2D eigenvalue weighted by atomic mass is 14.8. The largest absolute Gasteiger partial charge is 0.327 e. The van der Waals surface area contributed by atoms with Gasteiger partial charge in [-0.05, 0) is 62.2 Å². The van der Waals surface area contributed by atoms with Gasteiger partial charge in [0.25, 0.3) is 0 Å². The van der Waals surface area contributed by atoms with E-state index in [0.29, 0.717) is 11.5 Å². The molecule has 3 fully saturated rings. The van der Waals surface area contributed by atoms with Gasteiger partial charge in [-0.15, -0.1) is 0 Å². The van der Waals surface area contributed by atoms with Gasteiger partial charge < -0.3 is 5.73 Å². The van der Waals surface area contributed by atoms with Crippen molar-refractivity contribution in [3.8, 4) is 0 Å². The van der Waals surface area contributed by atoms with E-state index in [4.69, 9.17) is 5.73 Å². The van der Waals surface area contributed by atoms with Crippen molar-refractivity contribution in [3.05, 3.63) is 0 Å². The SMILES string of the molecule is C[C@@H](N)[C@@]12CCC[C@@H]1[C@@H]1CC[C@@H]2C1. The molecule has 74 valence electrons. The van der Waals surface area contributed by atoms with Crippen molar-refractivity contribution in [2.75, 3.05) is 0 Å². The fourth-order valence-corrected chi connectivity index (χ4v) is 5.07. The molecular weight excluding hydrogens is 158 g/mol. The molecule has 0 aromatic carbocycles. The fraction of sp³-hybridized carbons (Fsp3) is 1.00. The Labute approximate surface area is 81.1 Å². The highest BCUT2D eigenvalue weighted by molar-refractivity contribution is 5.11. The Kier molecular flexibility index (Phi) is 1.59. The second kappa shape index (κ2) is 2.50. The van der Waals surface area contributed by atoms with Crippen molar-refractivity contribution < 1.29 is 0 Å². The summed E-state index contributed by atoms with van der Waals surface area (Å²) in [4.78, 5) is 0. The van der Waals surface area contributed by atoms with Crippen LogP contribution in [0, 0.1) is 23.2 Å². The molecule has 0 saturated heterocycles. The highest BCUT2D eigenvalue weighted by Gasteiger charge is 2.60. The molecule has 1 heteroatoms. The summed E-state index contributed by atoms with van der Waals surface area (Å²) in [6.45, 7) is 2.26. The van der Waals surface area contributed by atoms with Crippen LogP contribution in [0.15, 0.2) is 0 Å². The molecule has 2 N–H and O–H groups in total. The Morgan fingerprint density at radius 2 is 2.15 bits per heavy atom. The number of hydrogen-bond donors (Lipinski definition) is 1. The summed E-state index contributed by atoms with van der Waals surface area (Å²) in [5.74, 6) is 3.09. The molecule has 0 heterocycles. The molecule has 5 atom stereocenters. The summed E-state index contributed by atoms with van der Waals surface area (Å²) >= 11 is 0. The number of rotatable bonds is 1. The first-order valence-electron chi connectivity index (χ1n) is 6.00. The van der Waals surface area contributed by atoms with E-state index in [-0.39, 0.29) is 0 Å². The Morgan fingerprint density at radius 1 is 1.31 bits per heavy atom. The number of nitrogens with two attached hydrogens (primary N) is 1. The molecule has 0 radical (unpaired) electrons. The monoisotopic (exact) mass is 179 g/mol. The molecule has 3 saturated carbocycles. The third-order valence-corrected chi connectivity index (χ3v) is 5.47. The Hall–Kier alpha value is -0.0400. The molecule has 0 unspecified atom stereocenters. The van der Waals surface area contributed by atoms with Gasteiger partial charge in [-0.25, -0.2) is 0 Å². The number of fused-ring (bicyclic) bond motifs is 5. The third-order valence-electron chi connectivity index (χ3n) is 5.47. The average molecular weight is 179 g/mol. The van der Waals surface area contributed by atoms with Gasteiger partial charge in [-0.2, -0.15) is 0 Å². The Bertz CT molecular complexity index is 223. The predicted molar refractivity (Wildman–Crippen MR) is 54.3 cm³/mol. The van der Waals surface area contributed by atoms with Gasteiger partial charge in [0.15, 0.2) is 0 Å². The van der Waals surface area contributed by atoms with Crippen LogP contribution >= 0.6 is 0 Å². The quantitative estimate of drug-likeness (QED) is 0.657. The topological polar surface area (TPSA) is 26.0 Å². The van der Waals surface area contributed by atoms with Gasteiger partial charge in [0.2, 0.25) is 0 Å². The standard InChI is InChI=1S/C12H21N/c1-8(13)12-6-2-3-11(12)9-4-5-10(12)7-9/h8-11H,2-7,13H2,1H3/t8-,9-,10-,11-,12-/m1/s1. The summed E-state index contributed by atoms with van der Waals surface area (Å²) in [7, 11) is 0. The minimum absolute atomic E-state index is 0.454. The molecule has 3 aliphatic carbocycles. The molecular formula is C12H21N. The van der Waals surface area contributed by atoms with E-state index in [1.54, 1.807) is 0 Å².